The molecule has 0 saturated carbocycles. The number of fused-ring (bicyclic) bond motifs is 6. The van der Waals surface area contributed by atoms with Gasteiger partial charge in [-0.05, 0) is 46.8 Å². The Kier molecular flexibility index (Phi) is 7.36. The van der Waals surface area contributed by atoms with Gasteiger partial charge in [-0.1, -0.05) is 146 Å². The van der Waals surface area contributed by atoms with Crippen LogP contribution in [0.25, 0.3) is 94.3 Å². The smallest absolute Gasteiger partial charge is 0.160 e. The number of aryl methyl sites for hydroxylation is 1. The SMILES string of the molecule is CCc1nc2c3c(-c4ccc(-c5ccc(-c6nc(-c7ccccc7)nc7ccccc67)cc5)cc4)nc4ccccc4c3ccc2n1-c1ccccc1. The molecule has 3 aromatic heterocycles. The number of pyridine rings is 1. The highest BCUT2D eigenvalue weighted by Gasteiger charge is 2.19. The summed E-state index contributed by atoms with van der Waals surface area (Å²) in [5.41, 5.74) is 12.3. The maximum Gasteiger partial charge on any atom is 0.160 e. The topological polar surface area (TPSA) is 56.5 Å². The van der Waals surface area contributed by atoms with E-state index in [-0.39, 0.29) is 0 Å². The van der Waals surface area contributed by atoms with Crippen molar-refractivity contribution in [2.75, 3.05) is 0 Å². The van der Waals surface area contributed by atoms with E-state index in [1.807, 2.05) is 30.3 Å². The first kappa shape index (κ1) is 30.8. The third kappa shape index (κ3) is 5.25. The summed E-state index contributed by atoms with van der Waals surface area (Å²) >= 11 is 0. The summed E-state index contributed by atoms with van der Waals surface area (Å²) in [5, 5.41) is 4.40. The predicted octanol–water partition coefficient (Wildman–Crippen LogP) is 11.9. The molecule has 0 atom stereocenters. The first-order valence-corrected chi connectivity index (χ1v) is 18.0. The van der Waals surface area contributed by atoms with Gasteiger partial charge in [-0.25, -0.2) is 19.9 Å². The molecule has 0 aliphatic carbocycles. The predicted molar refractivity (Wildman–Crippen MR) is 218 cm³/mol. The molecule has 10 aromatic rings. The molecule has 0 N–H and O–H groups in total. The molecule has 0 aliphatic rings. The molecule has 0 saturated heterocycles. The summed E-state index contributed by atoms with van der Waals surface area (Å²) in [4.78, 5) is 20.5. The zero-order valence-electron chi connectivity index (χ0n) is 29.1. The first-order valence-electron chi connectivity index (χ1n) is 18.0. The highest BCUT2D eigenvalue weighted by Crippen LogP contribution is 2.39. The normalized spacial score (nSPS) is 11.6. The van der Waals surface area contributed by atoms with Crippen LogP contribution in [-0.4, -0.2) is 24.5 Å². The van der Waals surface area contributed by atoms with Crippen LogP contribution in [-0.2, 0) is 6.42 Å². The third-order valence-electron chi connectivity index (χ3n) is 10.2. The third-order valence-corrected chi connectivity index (χ3v) is 10.2. The minimum Gasteiger partial charge on any atom is -0.296 e. The van der Waals surface area contributed by atoms with Crippen molar-refractivity contribution in [1.29, 1.82) is 0 Å². The fraction of sp³-hybridized carbons (Fsp3) is 0.0417. The van der Waals surface area contributed by atoms with E-state index in [9.17, 15) is 0 Å². The monoisotopic (exact) mass is 679 g/mol. The molecular weight excluding hydrogens is 647 g/mol. The Morgan fingerprint density at radius 3 is 1.66 bits per heavy atom. The molecule has 0 aliphatic heterocycles. The molecular formula is C48H33N5. The molecule has 0 spiro atoms. The van der Waals surface area contributed by atoms with Crippen LogP contribution < -0.4 is 0 Å². The lowest BCUT2D eigenvalue weighted by atomic mass is 9.96. The number of para-hydroxylation sites is 3. The van der Waals surface area contributed by atoms with Crippen molar-refractivity contribution < 1.29 is 0 Å². The van der Waals surface area contributed by atoms with Crippen LogP contribution in [0.2, 0.25) is 0 Å². The Morgan fingerprint density at radius 2 is 0.981 bits per heavy atom. The van der Waals surface area contributed by atoms with Gasteiger partial charge in [0.2, 0.25) is 0 Å². The number of hydrogen-bond donors (Lipinski definition) is 0. The molecule has 0 radical (unpaired) electrons. The van der Waals surface area contributed by atoms with Gasteiger partial charge in [-0.15, -0.1) is 0 Å². The highest BCUT2D eigenvalue weighted by atomic mass is 15.1. The molecule has 10 rings (SSSR count). The molecule has 5 heteroatoms. The second-order valence-corrected chi connectivity index (χ2v) is 13.3. The Bertz CT molecular complexity index is 2950. The Morgan fingerprint density at radius 1 is 0.415 bits per heavy atom. The second kappa shape index (κ2) is 12.7. The van der Waals surface area contributed by atoms with Gasteiger partial charge >= 0.3 is 0 Å². The van der Waals surface area contributed by atoms with Gasteiger partial charge < -0.3 is 0 Å². The van der Waals surface area contributed by atoms with Crippen molar-refractivity contribution in [3.05, 3.63) is 176 Å². The molecule has 250 valence electrons. The minimum atomic E-state index is 0.726. The van der Waals surface area contributed by atoms with E-state index in [1.165, 1.54) is 0 Å². The maximum absolute atomic E-state index is 5.30. The van der Waals surface area contributed by atoms with Gasteiger partial charge in [-0.3, -0.25) is 4.57 Å². The van der Waals surface area contributed by atoms with Gasteiger partial charge in [0.1, 0.15) is 5.82 Å². The van der Waals surface area contributed by atoms with E-state index in [4.69, 9.17) is 19.9 Å². The number of rotatable bonds is 6. The number of hydrogen-bond acceptors (Lipinski definition) is 4. The number of benzene rings is 7. The van der Waals surface area contributed by atoms with Crippen LogP contribution in [0.15, 0.2) is 170 Å². The fourth-order valence-electron chi connectivity index (χ4n) is 7.60. The average Bonchev–Trinajstić information content (AvgIpc) is 3.63. The molecule has 7 aromatic carbocycles. The van der Waals surface area contributed by atoms with Crippen LogP contribution >= 0.6 is 0 Å². The fourth-order valence-corrected chi connectivity index (χ4v) is 7.60. The zero-order valence-corrected chi connectivity index (χ0v) is 29.1. The summed E-state index contributed by atoms with van der Waals surface area (Å²) in [6, 6.07) is 59.2. The van der Waals surface area contributed by atoms with E-state index in [2.05, 4.69) is 151 Å². The Hall–Kier alpha value is -6.98. The first-order chi connectivity index (χ1) is 26.2. The van der Waals surface area contributed by atoms with Gasteiger partial charge in [-0.2, -0.15) is 0 Å². The summed E-state index contributed by atoms with van der Waals surface area (Å²) in [6.45, 7) is 2.17. The number of aromatic nitrogens is 5. The van der Waals surface area contributed by atoms with Gasteiger partial charge in [0.15, 0.2) is 5.82 Å². The quantitative estimate of drug-likeness (QED) is 0.164. The molecule has 0 bridgehead atoms. The van der Waals surface area contributed by atoms with Gasteiger partial charge in [0.05, 0.1) is 33.5 Å². The lowest BCUT2D eigenvalue weighted by Gasteiger charge is -2.13. The van der Waals surface area contributed by atoms with Crippen molar-refractivity contribution in [3.63, 3.8) is 0 Å². The highest BCUT2D eigenvalue weighted by molar-refractivity contribution is 6.20. The molecule has 53 heavy (non-hydrogen) atoms. The van der Waals surface area contributed by atoms with E-state index < -0.39 is 0 Å². The maximum atomic E-state index is 5.30. The van der Waals surface area contributed by atoms with Gasteiger partial charge in [0, 0.05) is 45.0 Å². The van der Waals surface area contributed by atoms with Crippen molar-refractivity contribution >= 4 is 43.6 Å². The molecule has 0 fully saturated rings. The minimum absolute atomic E-state index is 0.726. The lowest BCUT2D eigenvalue weighted by molar-refractivity contribution is 0.908. The van der Waals surface area contributed by atoms with Crippen molar-refractivity contribution in [2.24, 2.45) is 0 Å². The molecule has 3 heterocycles. The summed E-state index contributed by atoms with van der Waals surface area (Å²) in [7, 11) is 0. The van der Waals surface area contributed by atoms with Crippen molar-refractivity contribution in [3.8, 4) is 50.7 Å². The largest absolute Gasteiger partial charge is 0.296 e. The van der Waals surface area contributed by atoms with Gasteiger partial charge in [0.25, 0.3) is 0 Å². The van der Waals surface area contributed by atoms with E-state index in [1.54, 1.807) is 0 Å². The van der Waals surface area contributed by atoms with Crippen LogP contribution in [0, 0.1) is 0 Å². The molecule has 0 amide bonds. The summed E-state index contributed by atoms with van der Waals surface area (Å²) in [5.74, 6) is 1.76. The number of nitrogens with zero attached hydrogens (tertiary/aromatic N) is 5. The standard InChI is InChI=1S/C48H33N5/c1-2-43-51-47-42(53(43)36-15-7-4-8-16-36)30-29-38-37-17-9-11-19-40(37)49-46(44(38)47)34-27-23-32(24-28-34)31-21-25-33(26-22-31)45-39-18-10-12-20-41(39)50-48(52-45)35-13-5-3-6-14-35/h3-30H,2H2,1H3. The van der Waals surface area contributed by atoms with Crippen molar-refractivity contribution in [1.82, 2.24) is 24.5 Å². The summed E-state index contributed by atoms with van der Waals surface area (Å²) in [6.07, 6.45) is 0.816. The Balaban J connectivity index is 1.07. The molecule has 5 nitrogen and oxygen atoms in total. The van der Waals surface area contributed by atoms with Crippen molar-refractivity contribution in [2.45, 2.75) is 13.3 Å². The zero-order chi connectivity index (χ0) is 35.3. The number of imidazole rings is 1. The van der Waals surface area contributed by atoms with Crippen LogP contribution in [0.3, 0.4) is 0 Å². The van der Waals surface area contributed by atoms with Crippen LogP contribution in [0.4, 0.5) is 0 Å². The average molecular weight is 680 g/mol. The van der Waals surface area contributed by atoms with Crippen LogP contribution in [0.1, 0.15) is 12.7 Å². The van der Waals surface area contributed by atoms with Crippen LogP contribution in [0.5, 0.6) is 0 Å². The molecule has 0 unspecified atom stereocenters. The van der Waals surface area contributed by atoms with E-state index >= 15 is 0 Å². The lowest BCUT2D eigenvalue weighted by Crippen LogP contribution is -1.99. The second-order valence-electron chi connectivity index (χ2n) is 13.3. The Labute approximate surface area is 306 Å². The van der Waals surface area contributed by atoms with E-state index in [0.717, 1.165) is 107 Å². The summed E-state index contributed by atoms with van der Waals surface area (Å²) < 4.78 is 2.28. The van der Waals surface area contributed by atoms with E-state index in [0.29, 0.717) is 0 Å².